The molecule has 0 aliphatic rings. The van der Waals surface area contributed by atoms with Crippen molar-refractivity contribution in [1.29, 1.82) is 0 Å². The van der Waals surface area contributed by atoms with E-state index in [0.29, 0.717) is 17.8 Å². The molecule has 0 N–H and O–H groups in total. The molecule has 0 aliphatic heterocycles. The minimum Gasteiger partial charge on any atom is -0.340 e. The molecule has 0 atom stereocenters. The summed E-state index contributed by atoms with van der Waals surface area (Å²) in [6.07, 6.45) is 1.82. The molecule has 2 aromatic heterocycles. The number of fused-ring (bicyclic) bond motifs is 1. The first-order valence-electron chi connectivity index (χ1n) is 5.20. The van der Waals surface area contributed by atoms with Gasteiger partial charge in [0.1, 0.15) is 5.82 Å². The number of hydrogen-bond acceptors (Lipinski definition) is 3. The summed E-state index contributed by atoms with van der Waals surface area (Å²) in [4.78, 5) is 1.40. The van der Waals surface area contributed by atoms with Crippen LogP contribution in [-0.2, 0) is 13.6 Å². The molecule has 0 fully saturated rings. The van der Waals surface area contributed by atoms with Gasteiger partial charge >= 0.3 is 0 Å². The molecule has 1 aromatic carbocycles. The van der Waals surface area contributed by atoms with Gasteiger partial charge in [-0.15, -0.1) is 10.2 Å². The van der Waals surface area contributed by atoms with Gasteiger partial charge in [-0.05, 0) is 23.4 Å². The van der Waals surface area contributed by atoms with Gasteiger partial charge in [-0.3, -0.25) is 0 Å². The van der Waals surface area contributed by atoms with Crippen molar-refractivity contribution >= 4 is 10.9 Å². The van der Waals surface area contributed by atoms with E-state index in [1.165, 1.54) is 10.9 Å². The second-order valence-electron chi connectivity index (χ2n) is 3.81. The van der Waals surface area contributed by atoms with Crippen LogP contribution in [0.2, 0.25) is 0 Å². The summed E-state index contributed by atoms with van der Waals surface area (Å²) in [6.45, 7) is 0.487. The van der Waals surface area contributed by atoms with E-state index in [2.05, 4.69) is 15.4 Å². The molecule has 3 rings (SSSR count). The average molecular weight is 231 g/mol. The highest BCUT2D eigenvalue weighted by Gasteiger charge is 2.07. The molecular weight excluding hydrogens is 221 g/mol. The summed E-state index contributed by atoms with van der Waals surface area (Å²) >= 11 is 0. The molecule has 0 unspecified atom stereocenters. The van der Waals surface area contributed by atoms with Gasteiger partial charge in [-0.25, -0.2) is 4.39 Å². The van der Waals surface area contributed by atoms with E-state index in [4.69, 9.17) is 0 Å². The van der Waals surface area contributed by atoms with Crippen LogP contribution >= 0.6 is 0 Å². The van der Waals surface area contributed by atoms with E-state index in [9.17, 15) is 4.39 Å². The molecule has 2 heterocycles. The maximum absolute atomic E-state index is 13.5. The van der Waals surface area contributed by atoms with Crippen molar-refractivity contribution in [2.24, 2.45) is 7.05 Å². The van der Waals surface area contributed by atoms with Gasteiger partial charge in [-0.1, -0.05) is 6.07 Å². The fourth-order valence-corrected chi connectivity index (χ4v) is 1.86. The van der Waals surface area contributed by atoms with E-state index in [0.717, 1.165) is 5.52 Å². The van der Waals surface area contributed by atoms with Crippen molar-refractivity contribution in [3.8, 4) is 0 Å². The Morgan fingerprint density at radius 3 is 2.94 bits per heavy atom. The van der Waals surface area contributed by atoms with Crippen LogP contribution in [0.25, 0.3) is 10.9 Å². The van der Waals surface area contributed by atoms with Crippen LogP contribution in [0.3, 0.4) is 0 Å². The number of hydrogen-bond donors (Lipinski definition) is 0. The van der Waals surface area contributed by atoms with Crippen LogP contribution in [0, 0.1) is 5.82 Å². The van der Waals surface area contributed by atoms with Crippen LogP contribution in [0.4, 0.5) is 4.39 Å². The third-order valence-corrected chi connectivity index (χ3v) is 2.62. The monoisotopic (exact) mass is 231 g/mol. The molecular formula is C11H10FN5. The van der Waals surface area contributed by atoms with Gasteiger partial charge in [0.15, 0.2) is 5.82 Å². The SMILES string of the molecule is Cn1nnc(Cn2ccc3c(F)cccc32)n1. The molecule has 0 saturated heterocycles. The molecule has 5 nitrogen and oxygen atoms in total. The molecule has 3 aromatic rings. The number of tetrazole rings is 1. The second-order valence-corrected chi connectivity index (χ2v) is 3.81. The average Bonchev–Trinajstić information content (AvgIpc) is 2.88. The molecule has 0 saturated carbocycles. The summed E-state index contributed by atoms with van der Waals surface area (Å²) < 4.78 is 15.4. The standard InChI is InChI=1S/C11H10FN5/c1-16-14-11(13-15-16)7-17-6-5-8-9(12)3-2-4-10(8)17/h2-6H,7H2,1H3. The minimum atomic E-state index is -0.214. The molecule has 6 heteroatoms. The maximum Gasteiger partial charge on any atom is 0.194 e. The zero-order valence-corrected chi connectivity index (χ0v) is 9.21. The third-order valence-electron chi connectivity index (χ3n) is 2.62. The van der Waals surface area contributed by atoms with Crippen LogP contribution in [0.15, 0.2) is 30.5 Å². The van der Waals surface area contributed by atoms with Crippen LogP contribution in [0.1, 0.15) is 5.82 Å². The Labute approximate surface area is 96.5 Å². The first-order chi connectivity index (χ1) is 8.24. The molecule has 0 radical (unpaired) electrons. The zero-order chi connectivity index (χ0) is 11.8. The fourth-order valence-electron chi connectivity index (χ4n) is 1.86. The van der Waals surface area contributed by atoms with Gasteiger partial charge in [0, 0.05) is 11.6 Å². The number of rotatable bonds is 2. The Bertz CT molecular complexity index is 669. The number of nitrogens with zero attached hydrogens (tertiary/aromatic N) is 5. The number of aromatic nitrogens is 5. The minimum absolute atomic E-state index is 0.214. The fraction of sp³-hybridized carbons (Fsp3) is 0.182. The van der Waals surface area contributed by atoms with Gasteiger partial charge in [0.2, 0.25) is 0 Å². The molecule has 0 amide bonds. The van der Waals surface area contributed by atoms with E-state index < -0.39 is 0 Å². The summed E-state index contributed by atoms with van der Waals surface area (Å²) in [5.74, 6) is 0.391. The topological polar surface area (TPSA) is 48.5 Å². The molecule has 0 bridgehead atoms. The number of benzene rings is 1. The zero-order valence-electron chi connectivity index (χ0n) is 9.21. The lowest BCUT2D eigenvalue weighted by Crippen LogP contribution is -2.01. The summed E-state index contributed by atoms with van der Waals surface area (Å²) in [5, 5.41) is 12.4. The molecule has 0 aliphatic carbocycles. The third kappa shape index (κ3) is 1.67. The lowest BCUT2D eigenvalue weighted by Gasteiger charge is -2.01. The highest BCUT2D eigenvalue weighted by Crippen LogP contribution is 2.19. The molecule has 0 spiro atoms. The number of halogens is 1. The Morgan fingerprint density at radius 1 is 1.29 bits per heavy atom. The van der Waals surface area contributed by atoms with E-state index >= 15 is 0 Å². The van der Waals surface area contributed by atoms with E-state index in [1.54, 1.807) is 19.2 Å². The van der Waals surface area contributed by atoms with Crippen molar-refractivity contribution in [3.63, 3.8) is 0 Å². The highest BCUT2D eigenvalue weighted by atomic mass is 19.1. The lowest BCUT2D eigenvalue weighted by molar-refractivity contribution is 0.625. The predicted octanol–water partition coefficient (Wildman–Crippen LogP) is 1.35. The Balaban J connectivity index is 2.04. The van der Waals surface area contributed by atoms with Crippen molar-refractivity contribution in [2.75, 3.05) is 0 Å². The van der Waals surface area contributed by atoms with Crippen LogP contribution < -0.4 is 0 Å². The second kappa shape index (κ2) is 3.65. The van der Waals surface area contributed by atoms with Gasteiger partial charge in [0.05, 0.1) is 19.1 Å². The Hall–Kier alpha value is -2.24. The normalized spacial score (nSPS) is 11.2. The van der Waals surface area contributed by atoms with Crippen LogP contribution in [-0.4, -0.2) is 24.8 Å². The lowest BCUT2D eigenvalue weighted by atomic mass is 10.2. The first kappa shape index (κ1) is 9.95. The van der Waals surface area contributed by atoms with Gasteiger partial charge < -0.3 is 4.57 Å². The van der Waals surface area contributed by atoms with Crippen molar-refractivity contribution < 1.29 is 4.39 Å². The van der Waals surface area contributed by atoms with E-state index in [-0.39, 0.29) is 5.82 Å². The highest BCUT2D eigenvalue weighted by molar-refractivity contribution is 5.80. The smallest absolute Gasteiger partial charge is 0.194 e. The van der Waals surface area contributed by atoms with E-state index in [1.807, 2.05) is 16.8 Å². The van der Waals surface area contributed by atoms with Crippen molar-refractivity contribution in [3.05, 3.63) is 42.1 Å². The summed E-state index contributed by atoms with van der Waals surface area (Å²) in [5.41, 5.74) is 0.831. The summed E-state index contributed by atoms with van der Waals surface area (Å²) in [6, 6.07) is 6.77. The largest absolute Gasteiger partial charge is 0.340 e. The Kier molecular flexibility index (Phi) is 2.14. The van der Waals surface area contributed by atoms with Gasteiger partial charge in [-0.2, -0.15) is 4.80 Å². The van der Waals surface area contributed by atoms with Crippen molar-refractivity contribution in [2.45, 2.75) is 6.54 Å². The first-order valence-corrected chi connectivity index (χ1v) is 5.20. The van der Waals surface area contributed by atoms with Crippen LogP contribution in [0.5, 0.6) is 0 Å². The van der Waals surface area contributed by atoms with Gasteiger partial charge in [0.25, 0.3) is 0 Å². The summed E-state index contributed by atoms with van der Waals surface area (Å²) in [7, 11) is 1.71. The predicted molar refractivity (Wildman–Crippen MR) is 59.8 cm³/mol. The molecule has 17 heavy (non-hydrogen) atoms. The van der Waals surface area contributed by atoms with Crippen molar-refractivity contribution in [1.82, 2.24) is 24.8 Å². The number of aryl methyl sites for hydroxylation is 1. The maximum atomic E-state index is 13.5. The quantitative estimate of drug-likeness (QED) is 0.669. The molecule has 86 valence electrons. The Morgan fingerprint density at radius 2 is 2.18 bits per heavy atom.